The van der Waals surface area contributed by atoms with Gasteiger partial charge in [-0.15, -0.1) is 25.8 Å². The number of alkyl halides is 3. The van der Waals surface area contributed by atoms with Crippen molar-refractivity contribution in [1.29, 1.82) is 0 Å². The summed E-state index contributed by atoms with van der Waals surface area (Å²) >= 11 is 4.08. The molecule has 0 radical (unpaired) electrons. The molecule has 0 spiro atoms. The Morgan fingerprint density at radius 3 is 1.56 bits per heavy atom. The van der Waals surface area contributed by atoms with Crippen LogP contribution in [0.1, 0.15) is 0 Å². The normalized spacial score (nSPS) is 10.2. The van der Waals surface area contributed by atoms with Gasteiger partial charge in [-0.1, -0.05) is 36.4 Å². The Bertz CT molecular complexity index is 443. The molecule has 0 atom stereocenters. The van der Waals surface area contributed by atoms with E-state index in [2.05, 4.69) is 17.4 Å². The fourth-order valence-electron chi connectivity index (χ4n) is 1.05. The molecule has 96 valence electrons. The van der Waals surface area contributed by atoms with Crippen LogP contribution in [-0.2, 0) is 0 Å². The molecule has 0 bridgehead atoms. The highest BCUT2D eigenvalue weighted by Crippen LogP contribution is 2.21. The lowest BCUT2D eigenvalue weighted by Crippen LogP contribution is -2.16. The van der Waals surface area contributed by atoms with E-state index in [9.17, 15) is 13.2 Å². The molecule has 2 rings (SSSR count). The number of rotatable bonds is 1. The van der Waals surface area contributed by atoms with Gasteiger partial charge in [-0.2, -0.15) is 0 Å². The molecule has 1 nitrogen and oxygen atoms in total. The van der Waals surface area contributed by atoms with Crippen LogP contribution in [0.15, 0.2) is 65.6 Å². The highest BCUT2D eigenvalue weighted by molar-refractivity contribution is 7.80. The van der Waals surface area contributed by atoms with Gasteiger partial charge in [0, 0.05) is 4.90 Å². The monoisotopic (exact) mass is 272 g/mol. The molecule has 0 saturated heterocycles. The fourth-order valence-corrected chi connectivity index (χ4v) is 1.22. The number of halogens is 3. The van der Waals surface area contributed by atoms with Crippen molar-refractivity contribution in [3.8, 4) is 5.75 Å². The van der Waals surface area contributed by atoms with E-state index in [1.807, 2.05) is 30.3 Å². The molecule has 0 fully saturated rings. The van der Waals surface area contributed by atoms with Crippen LogP contribution in [-0.4, -0.2) is 6.36 Å². The molecule has 2 aromatic carbocycles. The average molecular weight is 272 g/mol. The number of ether oxygens (including phenoxy) is 1. The van der Waals surface area contributed by atoms with Gasteiger partial charge in [0.15, 0.2) is 0 Å². The summed E-state index contributed by atoms with van der Waals surface area (Å²) in [5.41, 5.74) is 0. The van der Waals surface area contributed by atoms with E-state index in [4.69, 9.17) is 0 Å². The van der Waals surface area contributed by atoms with Crippen molar-refractivity contribution < 1.29 is 17.9 Å². The lowest BCUT2D eigenvalue weighted by molar-refractivity contribution is -0.274. The summed E-state index contributed by atoms with van der Waals surface area (Å²) in [7, 11) is 0. The van der Waals surface area contributed by atoms with Crippen molar-refractivity contribution in [1.82, 2.24) is 0 Å². The minimum absolute atomic E-state index is 0.194. The summed E-state index contributed by atoms with van der Waals surface area (Å²) in [5.74, 6) is -0.194. The smallest absolute Gasteiger partial charge is 0.406 e. The van der Waals surface area contributed by atoms with Crippen LogP contribution in [0.5, 0.6) is 5.75 Å². The van der Waals surface area contributed by atoms with E-state index in [0.29, 0.717) is 0 Å². The topological polar surface area (TPSA) is 9.23 Å². The molecule has 0 aliphatic rings. The van der Waals surface area contributed by atoms with Crippen molar-refractivity contribution in [2.75, 3.05) is 0 Å². The van der Waals surface area contributed by atoms with Crippen molar-refractivity contribution in [3.05, 3.63) is 60.7 Å². The number of para-hydroxylation sites is 1. The quantitative estimate of drug-likeness (QED) is 0.749. The summed E-state index contributed by atoms with van der Waals surface area (Å²) < 4.78 is 38.2. The molecule has 18 heavy (non-hydrogen) atoms. The summed E-state index contributed by atoms with van der Waals surface area (Å²) in [6.07, 6.45) is -4.60. The molecule has 0 unspecified atom stereocenters. The Labute approximate surface area is 109 Å². The molecule has 0 N–H and O–H groups in total. The third-order valence-electron chi connectivity index (χ3n) is 1.73. The highest BCUT2D eigenvalue weighted by Gasteiger charge is 2.30. The lowest BCUT2D eigenvalue weighted by Gasteiger charge is -2.07. The Morgan fingerprint density at radius 2 is 1.22 bits per heavy atom. The van der Waals surface area contributed by atoms with Gasteiger partial charge in [0.25, 0.3) is 0 Å². The molecule has 0 aliphatic heterocycles. The van der Waals surface area contributed by atoms with Crippen LogP contribution >= 0.6 is 12.6 Å². The van der Waals surface area contributed by atoms with Crippen LogP contribution in [0.2, 0.25) is 0 Å². The van der Waals surface area contributed by atoms with E-state index in [1.54, 1.807) is 6.07 Å². The van der Waals surface area contributed by atoms with Gasteiger partial charge >= 0.3 is 6.36 Å². The first-order valence-corrected chi connectivity index (χ1v) is 5.47. The van der Waals surface area contributed by atoms with Crippen molar-refractivity contribution >= 4 is 12.6 Å². The lowest BCUT2D eigenvalue weighted by atomic mass is 10.3. The Hall–Kier alpha value is -1.62. The van der Waals surface area contributed by atoms with E-state index in [0.717, 1.165) is 4.90 Å². The van der Waals surface area contributed by atoms with E-state index < -0.39 is 6.36 Å². The first kappa shape index (κ1) is 14.4. The number of hydrogen-bond donors (Lipinski definition) is 1. The third-order valence-corrected chi connectivity index (χ3v) is 2.03. The van der Waals surface area contributed by atoms with Crippen LogP contribution in [0.3, 0.4) is 0 Å². The SMILES string of the molecule is FC(F)(F)Oc1ccccc1.Sc1ccccc1. The zero-order valence-electron chi connectivity index (χ0n) is 9.26. The second kappa shape index (κ2) is 6.96. The second-order valence-corrected chi connectivity index (χ2v) is 3.71. The van der Waals surface area contributed by atoms with Gasteiger partial charge in [-0.3, -0.25) is 0 Å². The van der Waals surface area contributed by atoms with Gasteiger partial charge in [0.2, 0.25) is 0 Å². The second-order valence-electron chi connectivity index (χ2n) is 3.20. The maximum absolute atomic E-state index is 11.5. The minimum Gasteiger partial charge on any atom is -0.406 e. The number of benzene rings is 2. The molecule has 0 aliphatic carbocycles. The van der Waals surface area contributed by atoms with Crippen LogP contribution in [0.4, 0.5) is 13.2 Å². The van der Waals surface area contributed by atoms with Crippen molar-refractivity contribution in [2.24, 2.45) is 0 Å². The van der Waals surface area contributed by atoms with Gasteiger partial charge in [-0.25, -0.2) is 0 Å². The molecular formula is C13H11F3OS. The summed E-state index contributed by atoms with van der Waals surface area (Å²) in [5, 5.41) is 0. The Morgan fingerprint density at radius 1 is 0.778 bits per heavy atom. The Kier molecular flexibility index (Phi) is 5.58. The zero-order chi connectivity index (χ0) is 13.4. The largest absolute Gasteiger partial charge is 0.573 e. The summed E-state index contributed by atoms with van der Waals surface area (Å²) in [6.45, 7) is 0. The maximum atomic E-state index is 11.5. The first-order chi connectivity index (χ1) is 8.47. The fraction of sp³-hybridized carbons (Fsp3) is 0.0769. The summed E-state index contributed by atoms with van der Waals surface area (Å²) in [6, 6.07) is 16.8. The van der Waals surface area contributed by atoms with Crippen molar-refractivity contribution in [2.45, 2.75) is 11.3 Å². The van der Waals surface area contributed by atoms with Crippen LogP contribution in [0, 0.1) is 0 Å². The van der Waals surface area contributed by atoms with Gasteiger partial charge in [0.05, 0.1) is 0 Å². The van der Waals surface area contributed by atoms with Crippen LogP contribution in [0.25, 0.3) is 0 Å². The average Bonchev–Trinajstić information content (AvgIpc) is 2.30. The predicted molar refractivity (Wildman–Crippen MR) is 66.8 cm³/mol. The van der Waals surface area contributed by atoms with Gasteiger partial charge in [0.1, 0.15) is 5.75 Å². The minimum atomic E-state index is -4.60. The van der Waals surface area contributed by atoms with E-state index in [1.165, 1.54) is 24.3 Å². The molecule has 0 amide bonds. The maximum Gasteiger partial charge on any atom is 0.573 e. The molecule has 0 saturated carbocycles. The van der Waals surface area contributed by atoms with Gasteiger partial charge < -0.3 is 4.74 Å². The molecule has 0 heterocycles. The predicted octanol–water partition coefficient (Wildman–Crippen LogP) is 4.56. The Balaban J connectivity index is 0.000000199. The highest BCUT2D eigenvalue weighted by atomic mass is 32.1. The number of thiol groups is 1. The van der Waals surface area contributed by atoms with E-state index >= 15 is 0 Å². The van der Waals surface area contributed by atoms with Gasteiger partial charge in [-0.05, 0) is 24.3 Å². The first-order valence-electron chi connectivity index (χ1n) is 5.02. The summed E-state index contributed by atoms with van der Waals surface area (Å²) in [4.78, 5) is 1.02. The van der Waals surface area contributed by atoms with Crippen molar-refractivity contribution in [3.63, 3.8) is 0 Å². The molecular weight excluding hydrogens is 261 g/mol. The van der Waals surface area contributed by atoms with E-state index in [-0.39, 0.29) is 5.75 Å². The zero-order valence-corrected chi connectivity index (χ0v) is 10.2. The number of hydrogen-bond acceptors (Lipinski definition) is 2. The molecule has 5 heteroatoms. The molecule has 0 aromatic heterocycles. The van der Waals surface area contributed by atoms with Crippen LogP contribution < -0.4 is 4.74 Å². The standard InChI is InChI=1S/C7H5F3O.C6H6S/c8-7(9,10)11-6-4-2-1-3-5-6;7-6-4-2-1-3-5-6/h1-5H;1-5,7H. The molecule has 2 aromatic rings. The third kappa shape index (κ3) is 6.85.